The van der Waals surface area contributed by atoms with Gasteiger partial charge in [-0.2, -0.15) is 10.4 Å². The van der Waals surface area contributed by atoms with Crippen molar-refractivity contribution in [1.82, 2.24) is 9.78 Å². The van der Waals surface area contributed by atoms with E-state index in [4.69, 9.17) is 5.26 Å². The van der Waals surface area contributed by atoms with Crippen molar-refractivity contribution in [2.24, 2.45) is 0 Å². The highest BCUT2D eigenvalue weighted by Gasteiger charge is 2.07. The van der Waals surface area contributed by atoms with E-state index in [1.165, 1.54) is 0 Å². The quantitative estimate of drug-likeness (QED) is 0.803. The number of aryl methyl sites for hydroxylation is 2. The van der Waals surface area contributed by atoms with Crippen LogP contribution in [0, 0.1) is 25.2 Å². The Hall–Kier alpha value is -1.60. The largest absolute Gasteiger partial charge is 0.237 e. The van der Waals surface area contributed by atoms with Crippen LogP contribution in [0.1, 0.15) is 17.0 Å². The highest BCUT2D eigenvalue weighted by Crippen LogP contribution is 2.23. The lowest BCUT2D eigenvalue weighted by molar-refractivity contribution is 0.830. The van der Waals surface area contributed by atoms with Gasteiger partial charge in [0, 0.05) is 10.2 Å². The molecule has 0 bridgehead atoms. The Bertz CT molecular complexity index is 578. The molecule has 4 heteroatoms. The number of nitrogens with zero attached hydrogens (tertiary/aromatic N) is 3. The second-order valence-electron chi connectivity index (χ2n) is 3.62. The van der Waals surface area contributed by atoms with Gasteiger partial charge in [0.15, 0.2) is 0 Å². The first kappa shape index (κ1) is 10.9. The van der Waals surface area contributed by atoms with Gasteiger partial charge in [-0.15, -0.1) is 0 Å². The Labute approximate surface area is 102 Å². The minimum atomic E-state index is 0.636. The van der Waals surface area contributed by atoms with Crippen LogP contribution in [-0.4, -0.2) is 9.78 Å². The third kappa shape index (κ3) is 1.86. The Morgan fingerprint density at radius 2 is 2.06 bits per heavy atom. The van der Waals surface area contributed by atoms with E-state index in [0.717, 1.165) is 21.5 Å². The van der Waals surface area contributed by atoms with Crippen molar-refractivity contribution in [3.63, 3.8) is 0 Å². The van der Waals surface area contributed by atoms with Gasteiger partial charge >= 0.3 is 0 Å². The van der Waals surface area contributed by atoms with E-state index in [9.17, 15) is 0 Å². The molecule has 16 heavy (non-hydrogen) atoms. The molecule has 3 nitrogen and oxygen atoms in total. The second-order valence-corrected chi connectivity index (χ2v) is 4.47. The molecule has 2 aromatic rings. The maximum Gasteiger partial charge on any atom is 0.0992 e. The zero-order chi connectivity index (χ0) is 11.7. The number of hydrogen-bond acceptors (Lipinski definition) is 2. The predicted molar refractivity (Wildman–Crippen MR) is 65.5 cm³/mol. The molecule has 0 amide bonds. The minimum Gasteiger partial charge on any atom is -0.237 e. The van der Waals surface area contributed by atoms with Gasteiger partial charge in [-0.25, -0.2) is 4.68 Å². The lowest BCUT2D eigenvalue weighted by atomic mass is 10.2. The lowest BCUT2D eigenvalue weighted by Crippen LogP contribution is -2.00. The van der Waals surface area contributed by atoms with Crippen molar-refractivity contribution in [2.45, 2.75) is 13.8 Å². The summed E-state index contributed by atoms with van der Waals surface area (Å²) in [5.74, 6) is 0. The van der Waals surface area contributed by atoms with Crippen molar-refractivity contribution in [3.8, 4) is 11.8 Å². The SMILES string of the molecule is Cc1cc(C)n(-c2ccc(C#N)cc2Br)n1. The Morgan fingerprint density at radius 1 is 1.31 bits per heavy atom. The smallest absolute Gasteiger partial charge is 0.0992 e. The fraction of sp³-hybridized carbons (Fsp3) is 0.167. The Balaban J connectivity index is 2.57. The van der Waals surface area contributed by atoms with Crippen LogP contribution in [-0.2, 0) is 0 Å². The molecule has 0 N–H and O–H groups in total. The number of nitriles is 1. The zero-order valence-electron chi connectivity index (χ0n) is 9.03. The van der Waals surface area contributed by atoms with Crippen molar-refractivity contribution in [2.75, 3.05) is 0 Å². The van der Waals surface area contributed by atoms with E-state index < -0.39 is 0 Å². The molecule has 1 aromatic carbocycles. The molecule has 1 aromatic heterocycles. The van der Waals surface area contributed by atoms with Gasteiger partial charge < -0.3 is 0 Å². The number of aromatic nitrogens is 2. The topological polar surface area (TPSA) is 41.6 Å². The van der Waals surface area contributed by atoms with E-state index in [-0.39, 0.29) is 0 Å². The number of benzene rings is 1. The first-order valence-electron chi connectivity index (χ1n) is 4.85. The van der Waals surface area contributed by atoms with Crippen molar-refractivity contribution < 1.29 is 0 Å². The van der Waals surface area contributed by atoms with Crippen LogP contribution in [0.25, 0.3) is 5.69 Å². The molecule has 0 atom stereocenters. The Kier molecular flexibility index (Phi) is 2.80. The van der Waals surface area contributed by atoms with E-state index in [1.54, 1.807) is 12.1 Å². The molecule has 0 aliphatic heterocycles. The van der Waals surface area contributed by atoms with Gasteiger partial charge in [0.2, 0.25) is 0 Å². The van der Waals surface area contributed by atoms with Gasteiger partial charge in [0.05, 0.1) is 23.0 Å². The van der Waals surface area contributed by atoms with Gasteiger partial charge in [-0.05, 0) is 54.0 Å². The first-order valence-corrected chi connectivity index (χ1v) is 5.64. The average Bonchev–Trinajstić information content (AvgIpc) is 2.57. The van der Waals surface area contributed by atoms with Gasteiger partial charge in [0.1, 0.15) is 0 Å². The zero-order valence-corrected chi connectivity index (χ0v) is 10.6. The monoisotopic (exact) mass is 275 g/mol. The molecule has 0 aliphatic rings. The molecule has 0 aliphatic carbocycles. The van der Waals surface area contributed by atoms with E-state index in [2.05, 4.69) is 27.1 Å². The molecular formula is C12H10BrN3. The van der Waals surface area contributed by atoms with Crippen LogP contribution in [0.4, 0.5) is 0 Å². The maximum atomic E-state index is 8.79. The Morgan fingerprint density at radius 3 is 2.56 bits per heavy atom. The van der Waals surface area contributed by atoms with Crippen molar-refractivity contribution >= 4 is 15.9 Å². The fourth-order valence-corrected chi connectivity index (χ4v) is 2.17. The third-order valence-corrected chi connectivity index (χ3v) is 2.95. The molecule has 2 rings (SSSR count). The van der Waals surface area contributed by atoms with Gasteiger partial charge in [0.25, 0.3) is 0 Å². The average molecular weight is 276 g/mol. The van der Waals surface area contributed by atoms with Gasteiger partial charge in [-0.3, -0.25) is 0 Å². The molecule has 0 saturated heterocycles. The highest BCUT2D eigenvalue weighted by molar-refractivity contribution is 9.10. The van der Waals surface area contributed by atoms with Crippen LogP contribution < -0.4 is 0 Å². The molecule has 80 valence electrons. The van der Waals surface area contributed by atoms with Crippen LogP contribution in [0.2, 0.25) is 0 Å². The fourth-order valence-electron chi connectivity index (χ4n) is 1.62. The van der Waals surface area contributed by atoms with Gasteiger partial charge in [-0.1, -0.05) is 0 Å². The summed E-state index contributed by atoms with van der Waals surface area (Å²) in [4.78, 5) is 0. The third-order valence-electron chi connectivity index (χ3n) is 2.31. The molecular weight excluding hydrogens is 266 g/mol. The van der Waals surface area contributed by atoms with Crippen LogP contribution in [0.15, 0.2) is 28.7 Å². The van der Waals surface area contributed by atoms with Crippen molar-refractivity contribution in [3.05, 3.63) is 45.7 Å². The molecule has 0 radical (unpaired) electrons. The standard InChI is InChI=1S/C12H10BrN3/c1-8-5-9(2)16(15-8)12-4-3-10(7-14)6-11(12)13/h3-6H,1-2H3. The number of halogens is 1. The normalized spacial score (nSPS) is 10.1. The maximum absolute atomic E-state index is 8.79. The summed E-state index contributed by atoms with van der Waals surface area (Å²) in [7, 11) is 0. The van der Waals surface area contributed by atoms with Crippen LogP contribution >= 0.6 is 15.9 Å². The number of rotatable bonds is 1. The molecule has 0 spiro atoms. The van der Waals surface area contributed by atoms with Crippen LogP contribution in [0.3, 0.4) is 0 Å². The lowest BCUT2D eigenvalue weighted by Gasteiger charge is -2.06. The number of hydrogen-bond donors (Lipinski definition) is 0. The summed E-state index contributed by atoms with van der Waals surface area (Å²) in [6, 6.07) is 9.60. The van der Waals surface area contributed by atoms with E-state index in [1.807, 2.05) is 30.7 Å². The summed E-state index contributed by atoms with van der Waals surface area (Å²) in [5.41, 5.74) is 3.64. The summed E-state index contributed by atoms with van der Waals surface area (Å²) in [5, 5.41) is 13.2. The molecule has 0 unspecified atom stereocenters. The second kappa shape index (κ2) is 4.11. The predicted octanol–water partition coefficient (Wildman–Crippen LogP) is 3.12. The summed E-state index contributed by atoms with van der Waals surface area (Å²) in [6.07, 6.45) is 0. The van der Waals surface area contributed by atoms with Crippen molar-refractivity contribution in [1.29, 1.82) is 5.26 Å². The van der Waals surface area contributed by atoms with E-state index in [0.29, 0.717) is 5.56 Å². The highest BCUT2D eigenvalue weighted by atomic mass is 79.9. The minimum absolute atomic E-state index is 0.636. The summed E-state index contributed by atoms with van der Waals surface area (Å²) in [6.45, 7) is 3.96. The van der Waals surface area contributed by atoms with E-state index >= 15 is 0 Å². The summed E-state index contributed by atoms with van der Waals surface area (Å²) >= 11 is 3.46. The van der Waals surface area contributed by atoms with Crippen LogP contribution in [0.5, 0.6) is 0 Å². The molecule has 0 fully saturated rings. The first-order chi connectivity index (χ1) is 7.61. The summed E-state index contributed by atoms with van der Waals surface area (Å²) < 4.78 is 2.73. The molecule has 0 saturated carbocycles. The molecule has 1 heterocycles.